The van der Waals surface area contributed by atoms with E-state index < -0.39 is 0 Å². The number of hydrogen-bond acceptors (Lipinski definition) is 5. The first-order chi connectivity index (χ1) is 15.3. The molecule has 172 valence electrons. The second-order valence-corrected chi connectivity index (χ2v) is 8.64. The number of nitrogens with zero attached hydrogens (tertiary/aromatic N) is 3. The normalized spacial score (nSPS) is 12.4. The summed E-state index contributed by atoms with van der Waals surface area (Å²) in [7, 11) is 3.65. The van der Waals surface area contributed by atoms with Gasteiger partial charge in [-0.15, -0.1) is 0 Å². The summed E-state index contributed by atoms with van der Waals surface area (Å²) in [6.45, 7) is 7.27. The molecule has 1 N–H and O–H groups in total. The lowest BCUT2D eigenvalue weighted by Crippen LogP contribution is -2.38. The molecular weight excluding hydrogens is 426 g/mol. The third kappa shape index (κ3) is 5.44. The number of rotatable bonds is 10. The summed E-state index contributed by atoms with van der Waals surface area (Å²) in [6, 6.07) is 15.8. The highest BCUT2D eigenvalue weighted by atomic mass is 35.5. The molecule has 7 heteroatoms. The summed E-state index contributed by atoms with van der Waals surface area (Å²) in [4.78, 5) is 2.15. The standard InChI is InChI=1S/C25H32ClN3O3/c1-17(2)22(15-30)28(4)14-19-11-12-23(24(13-19)31-5)32-16-21-18(3)27-29(25(21)26)20-9-7-6-8-10-20/h6-13,17,22,30H,14-16H2,1-5H3/t22-/m0/s1. The molecule has 1 aromatic heterocycles. The summed E-state index contributed by atoms with van der Waals surface area (Å²) in [5, 5.41) is 14.8. The fourth-order valence-electron chi connectivity index (χ4n) is 3.78. The van der Waals surface area contributed by atoms with Crippen molar-refractivity contribution in [1.29, 1.82) is 0 Å². The molecule has 0 fully saturated rings. The average molecular weight is 458 g/mol. The molecule has 3 aromatic rings. The van der Waals surface area contributed by atoms with E-state index in [1.807, 2.05) is 62.5 Å². The van der Waals surface area contributed by atoms with E-state index in [0.29, 0.717) is 29.1 Å². The molecule has 0 aliphatic rings. The highest BCUT2D eigenvalue weighted by Crippen LogP contribution is 2.31. The Labute approximate surface area is 195 Å². The van der Waals surface area contributed by atoms with Gasteiger partial charge >= 0.3 is 0 Å². The molecule has 32 heavy (non-hydrogen) atoms. The molecule has 0 radical (unpaired) electrons. The Hall–Kier alpha value is -2.54. The van der Waals surface area contributed by atoms with Crippen LogP contribution >= 0.6 is 11.6 Å². The van der Waals surface area contributed by atoms with Crippen molar-refractivity contribution in [2.75, 3.05) is 20.8 Å². The van der Waals surface area contributed by atoms with Crippen LogP contribution in [0.4, 0.5) is 0 Å². The molecule has 0 saturated heterocycles. The predicted molar refractivity (Wildman–Crippen MR) is 128 cm³/mol. The Morgan fingerprint density at radius 1 is 1.12 bits per heavy atom. The van der Waals surface area contributed by atoms with Crippen LogP contribution < -0.4 is 9.47 Å². The fraction of sp³-hybridized carbons (Fsp3) is 0.400. The number of aliphatic hydroxyl groups excluding tert-OH is 1. The highest BCUT2D eigenvalue weighted by molar-refractivity contribution is 6.30. The van der Waals surface area contributed by atoms with Gasteiger partial charge in [0.05, 0.1) is 25.1 Å². The number of methoxy groups -OCH3 is 1. The Bertz CT molecular complexity index is 1020. The number of ether oxygens (including phenoxy) is 2. The lowest BCUT2D eigenvalue weighted by Gasteiger charge is -2.29. The number of aromatic nitrogens is 2. The molecule has 6 nitrogen and oxygen atoms in total. The average Bonchev–Trinajstić information content (AvgIpc) is 3.06. The van der Waals surface area contributed by atoms with Crippen LogP contribution in [-0.4, -0.2) is 46.6 Å². The number of likely N-dealkylation sites (N-methyl/N-ethyl adjacent to an activating group) is 1. The first-order valence-electron chi connectivity index (χ1n) is 10.8. The van der Waals surface area contributed by atoms with Crippen LogP contribution in [0.3, 0.4) is 0 Å². The smallest absolute Gasteiger partial charge is 0.161 e. The SMILES string of the molecule is COc1cc(CN(C)[C@@H](CO)C(C)C)ccc1OCc1c(C)nn(-c2ccccc2)c1Cl. The van der Waals surface area contributed by atoms with Crippen molar-refractivity contribution in [1.82, 2.24) is 14.7 Å². The summed E-state index contributed by atoms with van der Waals surface area (Å²) in [6.07, 6.45) is 0. The Balaban J connectivity index is 1.74. The molecule has 0 aliphatic heterocycles. The Kier molecular flexibility index (Phi) is 8.18. The van der Waals surface area contributed by atoms with Crippen LogP contribution in [0.2, 0.25) is 5.15 Å². The molecule has 1 heterocycles. The summed E-state index contributed by atoms with van der Waals surface area (Å²) in [5.41, 5.74) is 3.64. The largest absolute Gasteiger partial charge is 0.493 e. The molecule has 3 rings (SSSR count). The van der Waals surface area contributed by atoms with Crippen LogP contribution in [0.15, 0.2) is 48.5 Å². The van der Waals surface area contributed by atoms with Gasteiger partial charge in [-0.2, -0.15) is 5.10 Å². The van der Waals surface area contributed by atoms with E-state index in [0.717, 1.165) is 22.5 Å². The van der Waals surface area contributed by atoms with Crippen molar-refractivity contribution in [2.45, 2.75) is 40.0 Å². The van der Waals surface area contributed by atoms with E-state index in [4.69, 9.17) is 21.1 Å². The minimum Gasteiger partial charge on any atom is -0.493 e. The maximum Gasteiger partial charge on any atom is 0.161 e. The number of hydrogen-bond donors (Lipinski definition) is 1. The molecule has 2 aromatic carbocycles. The molecule has 0 saturated carbocycles. The topological polar surface area (TPSA) is 59.8 Å². The van der Waals surface area contributed by atoms with Crippen LogP contribution in [0.1, 0.15) is 30.7 Å². The van der Waals surface area contributed by atoms with E-state index in [-0.39, 0.29) is 19.3 Å². The summed E-state index contributed by atoms with van der Waals surface area (Å²) in [5.74, 6) is 1.66. The van der Waals surface area contributed by atoms with Gasteiger partial charge in [0.1, 0.15) is 11.8 Å². The van der Waals surface area contributed by atoms with Gasteiger partial charge in [0.2, 0.25) is 0 Å². The third-order valence-corrected chi connectivity index (χ3v) is 6.07. The first-order valence-corrected chi connectivity index (χ1v) is 11.1. The number of benzene rings is 2. The molecule has 0 bridgehead atoms. The fourth-order valence-corrected chi connectivity index (χ4v) is 4.11. The van der Waals surface area contributed by atoms with Gasteiger partial charge in [-0.3, -0.25) is 4.90 Å². The zero-order valence-corrected chi connectivity index (χ0v) is 20.1. The maximum atomic E-state index is 9.68. The molecular formula is C25H32ClN3O3. The number of halogens is 1. The number of aliphatic hydroxyl groups is 1. The summed E-state index contributed by atoms with van der Waals surface area (Å²) >= 11 is 6.62. The van der Waals surface area contributed by atoms with Gasteiger partial charge in [0, 0.05) is 18.2 Å². The van der Waals surface area contributed by atoms with Crippen LogP contribution in [0.25, 0.3) is 5.69 Å². The van der Waals surface area contributed by atoms with Crippen LogP contribution in [0.5, 0.6) is 11.5 Å². The van der Waals surface area contributed by atoms with Crippen LogP contribution in [0, 0.1) is 12.8 Å². The minimum atomic E-state index is 0.100. The van der Waals surface area contributed by atoms with Crippen molar-refractivity contribution in [3.8, 4) is 17.2 Å². The zero-order chi connectivity index (χ0) is 23.3. The molecule has 1 atom stereocenters. The summed E-state index contributed by atoms with van der Waals surface area (Å²) < 4.78 is 13.4. The van der Waals surface area contributed by atoms with Gasteiger partial charge in [0.15, 0.2) is 11.5 Å². The maximum absolute atomic E-state index is 9.68. The van der Waals surface area contributed by atoms with E-state index in [9.17, 15) is 5.11 Å². The van der Waals surface area contributed by atoms with Gasteiger partial charge in [0.25, 0.3) is 0 Å². The Morgan fingerprint density at radius 2 is 1.84 bits per heavy atom. The monoisotopic (exact) mass is 457 g/mol. The van der Waals surface area contributed by atoms with Crippen molar-refractivity contribution in [2.24, 2.45) is 5.92 Å². The third-order valence-electron chi connectivity index (χ3n) is 5.68. The predicted octanol–water partition coefficient (Wildman–Crippen LogP) is 4.87. The van der Waals surface area contributed by atoms with Crippen LogP contribution in [-0.2, 0) is 13.2 Å². The Morgan fingerprint density at radius 3 is 2.47 bits per heavy atom. The molecule has 0 unspecified atom stereocenters. The van der Waals surface area contributed by atoms with Gasteiger partial charge in [-0.05, 0) is 49.7 Å². The molecule has 0 spiro atoms. The molecule has 0 aliphatic carbocycles. The zero-order valence-electron chi connectivity index (χ0n) is 19.4. The number of aryl methyl sites for hydroxylation is 1. The highest BCUT2D eigenvalue weighted by Gasteiger charge is 2.19. The first kappa shape index (κ1) is 24.1. The van der Waals surface area contributed by atoms with Crippen molar-refractivity contribution >= 4 is 11.6 Å². The second-order valence-electron chi connectivity index (χ2n) is 8.29. The van der Waals surface area contributed by atoms with Crippen molar-refractivity contribution < 1.29 is 14.6 Å². The van der Waals surface area contributed by atoms with E-state index in [2.05, 4.69) is 23.8 Å². The quantitative estimate of drug-likeness (QED) is 0.470. The van der Waals surface area contributed by atoms with E-state index in [1.165, 1.54) is 0 Å². The van der Waals surface area contributed by atoms with E-state index >= 15 is 0 Å². The number of para-hydroxylation sites is 1. The lowest BCUT2D eigenvalue weighted by molar-refractivity contribution is 0.108. The van der Waals surface area contributed by atoms with Crippen molar-refractivity contribution in [3.05, 3.63) is 70.5 Å². The van der Waals surface area contributed by atoms with E-state index in [1.54, 1.807) is 11.8 Å². The molecule has 0 amide bonds. The van der Waals surface area contributed by atoms with Gasteiger partial charge < -0.3 is 14.6 Å². The minimum absolute atomic E-state index is 0.100. The van der Waals surface area contributed by atoms with Crippen molar-refractivity contribution in [3.63, 3.8) is 0 Å². The van der Waals surface area contributed by atoms with Gasteiger partial charge in [-0.25, -0.2) is 4.68 Å². The second kappa shape index (κ2) is 10.9. The van der Waals surface area contributed by atoms with Gasteiger partial charge in [-0.1, -0.05) is 49.7 Å². The lowest BCUT2D eigenvalue weighted by atomic mass is 10.0.